The van der Waals surface area contributed by atoms with Crippen LogP contribution >= 0.6 is 23.5 Å². The second-order valence-corrected chi connectivity index (χ2v) is 8.90. The van der Waals surface area contributed by atoms with Crippen LogP contribution in [0.2, 0.25) is 0 Å². The van der Waals surface area contributed by atoms with Crippen molar-refractivity contribution in [3.63, 3.8) is 0 Å². The molecule has 2 N–H and O–H groups in total. The average Bonchev–Trinajstić information content (AvgIpc) is 2.77. The fraction of sp³-hybridized carbons (Fsp3) is 0.167. The lowest BCUT2D eigenvalue weighted by Crippen LogP contribution is -2.18. The number of nitrogens with two attached hydrogens (primary N) is 1. The molecule has 1 amide bonds. The van der Waals surface area contributed by atoms with Crippen LogP contribution < -0.4 is 15.4 Å². The third-order valence-electron chi connectivity index (χ3n) is 4.98. The number of thioether (sulfide) groups is 1. The molecule has 0 aliphatic carbocycles. The molecule has 7 heteroatoms. The second-order valence-electron chi connectivity index (χ2n) is 7.07. The number of anilines is 3. The Bertz CT molecular complexity index is 1180. The largest absolute Gasteiger partial charge is 0.493 e. The number of benzene rings is 3. The number of nitrogens with zero attached hydrogens (tertiary/aromatic N) is 1. The van der Waals surface area contributed by atoms with E-state index in [1.165, 1.54) is 11.8 Å². The third kappa shape index (κ3) is 4.03. The number of aryl methyl sites for hydroxylation is 1. The first kappa shape index (κ1) is 21.3. The van der Waals surface area contributed by atoms with Gasteiger partial charge in [0.25, 0.3) is 0 Å². The molecule has 0 saturated carbocycles. The Morgan fingerprint density at radius 1 is 1.03 bits per heavy atom. The van der Waals surface area contributed by atoms with Gasteiger partial charge in [-0.1, -0.05) is 29.6 Å². The molecule has 1 aliphatic heterocycles. The zero-order valence-electron chi connectivity index (χ0n) is 17.5. The van der Waals surface area contributed by atoms with Gasteiger partial charge in [-0.25, -0.2) is 0 Å². The highest BCUT2D eigenvalue weighted by Gasteiger charge is 2.29. The minimum absolute atomic E-state index is 0.0202. The lowest BCUT2D eigenvalue weighted by molar-refractivity contribution is 0.0999. The van der Waals surface area contributed by atoms with E-state index in [9.17, 15) is 9.59 Å². The van der Waals surface area contributed by atoms with E-state index in [0.29, 0.717) is 23.5 Å². The summed E-state index contributed by atoms with van der Waals surface area (Å²) >= 11 is 2.80. The summed E-state index contributed by atoms with van der Waals surface area (Å²) in [5, 5.41) is 0.0202. The van der Waals surface area contributed by atoms with Gasteiger partial charge in [0, 0.05) is 21.7 Å². The second kappa shape index (κ2) is 8.69. The first-order valence-corrected chi connectivity index (χ1v) is 11.8. The summed E-state index contributed by atoms with van der Waals surface area (Å²) in [4.78, 5) is 28.2. The Balaban J connectivity index is 1.94. The summed E-state index contributed by atoms with van der Waals surface area (Å²) in [6, 6.07) is 17.3. The summed E-state index contributed by atoms with van der Waals surface area (Å²) < 4.78 is 5.89. The highest BCUT2D eigenvalue weighted by atomic mass is 32.2. The number of primary amides is 1. The molecule has 0 bridgehead atoms. The van der Waals surface area contributed by atoms with Crippen LogP contribution in [0.1, 0.15) is 33.2 Å². The lowest BCUT2D eigenvalue weighted by Gasteiger charge is -2.34. The molecule has 0 radical (unpaired) electrons. The summed E-state index contributed by atoms with van der Waals surface area (Å²) in [6.07, 6.45) is 1.77. The number of fused-ring (bicyclic) bond motifs is 2. The van der Waals surface area contributed by atoms with Crippen molar-refractivity contribution in [2.24, 2.45) is 5.73 Å². The number of carbonyl (C=O) groups excluding carboxylic acids is 2. The molecule has 0 saturated heterocycles. The minimum Gasteiger partial charge on any atom is -0.493 e. The van der Waals surface area contributed by atoms with E-state index in [1.54, 1.807) is 30.2 Å². The highest BCUT2D eigenvalue weighted by molar-refractivity contribution is 8.13. The topological polar surface area (TPSA) is 72.6 Å². The van der Waals surface area contributed by atoms with Crippen LogP contribution in [0.4, 0.5) is 17.1 Å². The van der Waals surface area contributed by atoms with Crippen LogP contribution in [-0.2, 0) is 0 Å². The normalized spacial score (nSPS) is 12.2. The van der Waals surface area contributed by atoms with Crippen LogP contribution in [0.15, 0.2) is 64.4 Å². The predicted octanol–water partition coefficient (Wildman–Crippen LogP) is 5.93. The Morgan fingerprint density at radius 2 is 1.77 bits per heavy atom. The van der Waals surface area contributed by atoms with Gasteiger partial charge in [-0.2, -0.15) is 0 Å². The molecular weight excluding hydrogens is 428 g/mol. The molecule has 0 unspecified atom stereocenters. The van der Waals surface area contributed by atoms with Crippen molar-refractivity contribution < 1.29 is 14.3 Å². The first-order valence-electron chi connectivity index (χ1n) is 9.80. The van der Waals surface area contributed by atoms with Crippen molar-refractivity contribution in [3.05, 3.63) is 71.3 Å². The van der Waals surface area contributed by atoms with Crippen molar-refractivity contribution >= 4 is 51.6 Å². The Morgan fingerprint density at radius 3 is 2.42 bits per heavy atom. The molecule has 4 rings (SSSR count). The van der Waals surface area contributed by atoms with Gasteiger partial charge in [0.2, 0.25) is 11.0 Å². The van der Waals surface area contributed by atoms with Gasteiger partial charge in [0.05, 0.1) is 22.9 Å². The zero-order valence-corrected chi connectivity index (χ0v) is 19.1. The van der Waals surface area contributed by atoms with E-state index in [2.05, 4.69) is 30.0 Å². The quantitative estimate of drug-likeness (QED) is 0.406. The van der Waals surface area contributed by atoms with Crippen molar-refractivity contribution in [1.82, 2.24) is 0 Å². The molecular formula is C24H22N2O3S2. The molecule has 0 atom stereocenters. The van der Waals surface area contributed by atoms with Gasteiger partial charge in [0.1, 0.15) is 5.75 Å². The van der Waals surface area contributed by atoms with E-state index in [4.69, 9.17) is 10.5 Å². The van der Waals surface area contributed by atoms with Crippen LogP contribution in [0.3, 0.4) is 0 Å². The number of rotatable bonds is 5. The standard InChI is InChI=1S/C24H22N2O3S2/c1-4-29-20-13-16(23(25)27)12-19-22(20)31-21-11-14(2)5-10-18(21)26(19)17-8-6-15(7-9-17)24(28)30-3/h5-13H,4H2,1-3H3,(H2,25,27). The van der Waals surface area contributed by atoms with Gasteiger partial charge >= 0.3 is 0 Å². The van der Waals surface area contributed by atoms with Crippen molar-refractivity contribution in [2.75, 3.05) is 17.8 Å². The lowest BCUT2D eigenvalue weighted by atomic mass is 10.1. The van der Waals surface area contributed by atoms with Gasteiger partial charge in [-0.05, 0) is 74.2 Å². The molecule has 3 aromatic rings. The summed E-state index contributed by atoms with van der Waals surface area (Å²) in [5.74, 6) is 0.120. The van der Waals surface area contributed by atoms with Gasteiger partial charge in [-0.15, -0.1) is 0 Å². The van der Waals surface area contributed by atoms with Crippen molar-refractivity contribution in [2.45, 2.75) is 23.6 Å². The predicted molar refractivity (Wildman–Crippen MR) is 128 cm³/mol. The maximum absolute atomic E-state index is 12.0. The molecule has 1 heterocycles. The minimum atomic E-state index is -0.510. The Hall–Kier alpha value is -2.90. The molecule has 3 aromatic carbocycles. The Kier molecular flexibility index (Phi) is 5.98. The average molecular weight is 451 g/mol. The SMILES string of the molecule is CCOc1cc(C(N)=O)cc2c1Sc1cc(C)ccc1N2c1ccc(C(=O)SC)cc1. The van der Waals surface area contributed by atoms with E-state index in [1.807, 2.05) is 31.2 Å². The number of carbonyl (C=O) groups is 2. The molecule has 158 valence electrons. The highest BCUT2D eigenvalue weighted by Crippen LogP contribution is 2.55. The first-order chi connectivity index (χ1) is 14.9. The summed E-state index contributed by atoms with van der Waals surface area (Å²) in [6.45, 7) is 4.44. The molecule has 31 heavy (non-hydrogen) atoms. The molecule has 0 aromatic heterocycles. The maximum Gasteiger partial charge on any atom is 0.248 e. The maximum atomic E-state index is 12.0. The smallest absolute Gasteiger partial charge is 0.248 e. The fourth-order valence-electron chi connectivity index (χ4n) is 3.53. The van der Waals surface area contributed by atoms with Crippen LogP contribution in [-0.4, -0.2) is 23.9 Å². The van der Waals surface area contributed by atoms with E-state index in [0.717, 1.165) is 32.4 Å². The number of amides is 1. The Labute approximate surface area is 190 Å². The molecule has 5 nitrogen and oxygen atoms in total. The summed E-state index contributed by atoms with van der Waals surface area (Å²) in [5.41, 5.74) is 10.5. The van der Waals surface area contributed by atoms with Crippen molar-refractivity contribution in [1.29, 1.82) is 0 Å². The third-order valence-corrected chi connectivity index (χ3v) is 6.74. The van der Waals surface area contributed by atoms with Crippen LogP contribution in [0, 0.1) is 6.92 Å². The number of hydrogen-bond acceptors (Lipinski definition) is 6. The summed E-state index contributed by atoms with van der Waals surface area (Å²) in [7, 11) is 0. The van der Waals surface area contributed by atoms with Crippen molar-refractivity contribution in [3.8, 4) is 5.75 Å². The van der Waals surface area contributed by atoms with Gasteiger partial charge in [-0.3, -0.25) is 9.59 Å². The van der Waals surface area contributed by atoms with Crippen LogP contribution in [0.25, 0.3) is 0 Å². The molecule has 0 spiro atoms. The zero-order chi connectivity index (χ0) is 22.1. The van der Waals surface area contributed by atoms with Gasteiger partial charge in [0.15, 0.2) is 0 Å². The number of ether oxygens (including phenoxy) is 1. The van der Waals surface area contributed by atoms with Gasteiger partial charge < -0.3 is 15.4 Å². The monoisotopic (exact) mass is 450 g/mol. The van der Waals surface area contributed by atoms with E-state index in [-0.39, 0.29) is 5.12 Å². The number of hydrogen-bond donors (Lipinski definition) is 1. The van der Waals surface area contributed by atoms with E-state index >= 15 is 0 Å². The molecule has 1 aliphatic rings. The van der Waals surface area contributed by atoms with E-state index < -0.39 is 5.91 Å². The molecule has 0 fully saturated rings. The van der Waals surface area contributed by atoms with Crippen LogP contribution in [0.5, 0.6) is 5.75 Å². The fourth-order valence-corrected chi connectivity index (χ4v) is 5.10.